The topological polar surface area (TPSA) is 132 Å². The summed E-state index contributed by atoms with van der Waals surface area (Å²) in [5.74, 6) is -0.126. The number of ether oxygens (including phenoxy) is 2. The lowest BCUT2D eigenvalue weighted by Gasteiger charge is -2.37. The van der Waals surface area contributed by atoms with E-state index in [9.17, 15) is 19.2 Å². The van der Waals surface area contributed by atoms with E-state index >= 15 is 0 Å². The van der Waals surface area contributed by atoms with Crippen LogP contribution in [0.25, 0.3) is 0 Å². The number of piperidine rings is 2. The number of nitrogens with one attached hydrogen (secondary N) is 1. The van der Waals surface area contributed by atoms with Crippen molar-refractivity contribution in [3.8, 4) is 6.07 Å². The summed E-state index contributed by atoms with van der Waals surface area (Å²) in [7, 11) is 2.79. The fourth-order valence-electron chi connectivity index (χ4n) is 11.4. The van der Waals surface area contributed by atoms with Crippen LogP contribution in [0, 0.1) is 17.2 Å². The van der Waals surface area contributed by atoms with Crippen LogP contribution in [0.1, 0.15) is 109 Å². The number of likely N-dealkylation sites (tertiary alicyclic amines) is 3. The number of carbonyl (C=O) groups is 4. The van der Waals surface area contributed by atoms with Crippen LogP contribution in [0.4, 0.5) is 0 Å². The molecule has 4 aliphatic rings. The average Bonchev–Trinajstić information content (AvgIpc) is 4.15. The maximum absolute atomic E-state index is 14.2. The molecule has 0 bridgehead atoms. The molecule has 0 spiro atoms. The first-order valence-corrected chi connectivity index (χ1v) is 27.0. The number of rotatable bonds is 11. The van der Waals surface area contributed by atoms with Crippen LogP contribution in [0.5, 0.6) is 0 Å². The second kappa shape index (κ2) is 29.1. The second-order valence-electron chi connectivity index (χ2n) is 20.2. The Kier molecular flexibility index (Phi) is 21.5. The highest BCUT2D eigenvalue weighted by Crippen LogP contribution is 2.36. The van der Waals surface area contributed by atoms with Gasteiger partial charge in [-0.2, -0.15) is 5.26 Å². The zero-order valence-corrected chi connectivity index (χ0v) is 44.7. The lowest BCUT2D eigenvalue weighted by atomic mass is 9.89. The number of methoxy groups -OCH3 is 2. The van der Waals surface area contributed by atoms with Gasteiger partial charge in [0.1, 0.15) is 12.1 Å². The van der Waals surface area contributed by atoms with Crippen molar-refractivity contribution in [3.05, 3.63) is 215 Å². The van der Waals surface area contributed by atoms with E-state index in [0.29, 0.717) is 31.8 Å². The standard InChI is InChI=1S/C31H34N2O3.C21H23NO3.C11H15N.C2H3N/c1-36-31(35)28-20-27(32-19-11-18-26(21-32)23-12-5-2-6-13-23)22-33(28)30(34)29(24-14-7-3-8-15-24)25-16-9-4-10-17-25;1-15-13-18(21(24)25-2)22(14-15)20(23)19(16-9-5-3-6-10-16)17-11-7-4-8-12-17;1-2-5-10(6-3-1)11-7-4-8-12-9-11;1-2-3/h2-10,12-17,26-29H,11,18-22H2,1H3;3-12,15,18-19H,13-14H2,1-2H3;1-3,5-6,11-12H,4,7-9H2;1H3/t26-,27-,28-;15-,18+;11-;/m010./s1. The molecule has 10 rings (SSSR count). The maximum atomic E-state index is 14.2. The smallest absolute Gasteiger partial charge is 0.328 e. The summed E-state index contributed by atoms with van der Waals surface area (Å²) >= 11 is 0. The Bertz CT molecular complexity index is 2660. The average molecular weight is 1020 g/mol. The van der Waals surface area contributed by atoms with E-state index in [2.05, 4.69) is 77.8 Å². The highest BCUT2D eigenvalue weighted by atomic mass is 16.5. The summed E-state index contributed by atoms with van der Waals surface area (Å²) in [5.41, 5.74) is 6.59. The lowest BCUT2D eigenvalue weighted by Crippen LogP contribution is -2.45. The maximum Gasteiger partial charge on any atom is 0.328 e. The van der Waals surface area contributed by atoms with E-state index in [1.165, 1.54) is 58.1 Å². The Morgan fingerprint density at radius 2 is 0.921 bits per heavy atom. The highest BCUT2D eigenvalue weighted by molar-refractivity contribution is 5.92. The van der Waals surface area contributed by atoms with Gasteiger partial charge in [0.2, 0.25) is 11.8 Å². The van der Waals surface area contributed by atoms with Gasteiger partial charge in [-0.3, -0.25) is 14.5 Å². The van der Waals surface area contributed by atoms with Gasteiger partial charge in [-0.15, -0.1) is 0 Å². The molecule has 2 amide bonds. The van der Waals surface area contributed by atoms with Gasteiger partial charge in [0.15, 0.2) is 0 Å². The summed E-state index contributed by atoms with van der Waals surface area (Å²) in [6.07, 6.45) is 6.20. The van der Waals surface area contributed by atoms with E-state index in [4.69, 9.17) is 14.7 Å². The van der Waals surface area contributed by atoms with E-state index in [-0.39, 0.29) is 35.7 Å². The molecule has 0 saturated carbocycles. The van der Waals surface area contributed by atoms with E-state index in [1.54, 1.807) is 15.9 Å². The zero-order valence-electron chi connectivity index (χ0n) is 44.7. The molecule has 6 aromatic carbocycles. The first-order chi connectivity index (χ1) is 37.1. The third kappa shape index (κ3) is 14.9. The first kappa shape index (κ1) is 56.3. The van der Waals surface area contributed by atoms with Crippen molar-refractivity contribution in [3.63, 3.8) is 0 Å². The van der Waals surface area contributed by atoms with Gasteiger partial charge in [0.05, 0.1) is 32.1 Å². The number of amides is 2. The van der Waals surface area contributed by atoms with Crippen molar-refractivity contribution >= 4 is 23.8 Å². The summed E-state index contributed by atoms with van der Waals surface area (Å²) in [5, 5.41) is 10.8. The molecule has 4 saturated heterocycles. The van der Waals surface area contributed by atoms with Gasteiger partial charge in [-0.25, -0.2) is 9.59 Å². The highest BCUT2D eigenvalue weighted by Gasteiger charge is 2.46. The van der Waals surface area contributed by atoms with Crippen molar-refractivity contribution < 1.29 is 28.7 Å². The van der Waals surface area contributed by atoms with Gasteiger partial charge in [0.25, 0.3) is 0 Å². The van der Waals surface area contributed by atoms with Gasteiger partial charge in [0, 0.05) is 39.1 Å². The molecular weight excluding hydrogens is 947 g/mol. The van der Waals surface area contributed by atoms with Crippen molar-refractivity contribution in [2.75, 3.05) is 53.5 Å². The normalized spacial score (nSPS) is 21.1. The third-order valence-corrected chi connectivity index (χ3v) is 15.1. The molecule has 11 heteroatoms. The van der Waals surface area contributed by atoms with Crippen LogP contribution in [-0.2, 0) is 28.7 Å². The lowest BCUT2D eigenvalue weighted by molar-refractivity contribution is -0.151. The van der Waals surface area contributed by atoms with Crippen molar-refractivity contribution in [1.29, 1.82) is 5.26 Å². The summed E-state index contributed by atoms with van der Waals surface area (Å²) in [6, 6.07) is 61.5. The predicted molar refractivity (Wildman–Crippen MR) is 299 cm³/mol. The molecule has 76 heavy (non-hydrogen) atoms. The molecular formula is C65H75N5O6. The van der Waals surface area contributed by atoms with Crippen LogP contribution in [0.15, 0.2) is 182 Å². The Hall–Kier alpha value is -7.39. The molecule has 0 aliphatic carbocycles. The molecule has 0 aromatic heterocycles. The van der Waals surface area contributed by atoms with E-state index in [1.807, 2.05) is 121 Å². The molecule has 4 heterocycles. The molecule has 1 N–H and O–H groups in total. The van der Waals surface area contributed by atoms with Crippen molar-refractivity contribution in [2.24, 2.45) is 5.92 Å². The number of hydrogen-bond donors (Lipinski definition) is 1. The number of benzene rings is 6. The SMILES string of the molecule is CC#N.COC(=O)[C@@H]1C[C@@H](C)CN1C(=O)C(c1ccccc1)c1ccccc1.COC(=O)[C@@H]1C[C@H](N2CCC[C@H](c3ccccc3)C2)CN1C(=O)C(c1ccccc1)c1ccccc1.c1ccc([C@H]2CCCNC2)cc1. The predicted octanol–water partition coefficient (Wildman–Crippen LogP) is 10.8. The minimum atomic E-state index is -0.570. The Balaban J connectivity index is 0.000000180. The first-order valence-electron chi connectivity index (χ1n) is 27.0. The molecule has 4 aliphatic heterocycles. The minimum Gasteiger partial charge on any atom is -0.467 e. The van der Waals surface area contributed by atoms with Gasteiger partial charge in [-0.1, -0.05) is 189 Å². The monoisotopic (exact) mass is 1020 g/mol. The largest absolute Gasteiger partial charge is 0.467 e. The minimum absolute atomic E-state index is 0.0399. The fraction of sp³-hybridized carbons (Fsp3) is 0.369. The van der Waals surface area contributed by atoms with Crippen LogP contribution >= 0.6 is 0 Å². The molecule has 6 aromatic rings. The number of nitrogens with zero attached hydrogens (tertiary/aromatic N) is 4. The van der Waals surface area contributed by atoms with Crippen molar-refractivity contribution in [1.82, 2.24) is 20.0 Å². The number of esters is 2. The van der Waals surface area contributed by atoms with Crippen LogP contribution < -0.4 is 5.32 Å². The molecule has 0 unspecified atom stereocenters. The molecule has 4 fully saturated rings. The second-order valence-corrected chi connectivity index (χ2v) is 20.2. The Morgan fingerprint density at radius 3 is 1.33 bits per heavy atom. The summed E-state index contributed by atoms with van der Waals surface area (Å²) in [4.78, 5) is 58.7. The number of carbonyl (C=O) groups excluding carboxylic acids is 4. The van der Waals surface area contributed by atoms with E-state index in [0.717, 1.165) is 54.2 Å². The zero-order chi connectivity index (χ0) is 53.7. The van der Waals surface area contributed by atoms with Crippen LogP contribution in [0.3, 0.4) is 0 Å². The van der Waals surface area contributed by atoms with Crippen molar-refractivity contribution in [2.45, 2.75) is 94.2 Å². The summed E-state index contributed by atoms with van der Waals surface area (Å²) in [6.45, 7) is 8.90. The van der Waals surface area contributed by atoms with Gasteiger partial charge >= 0.3 is 11.9 Å². The Labute approximate surface area is 450 Å². The number of hydrogen-bond acceptors (Lipinski definition) is 9. The quantitative estimate of drug-likeness (QED) is 0.126. The molecule has 396 valence electrons. The molecule has 11 nitrogen and oxygen atoms in total. The summed E-state index contributed by atoms with van der Waals surface area (Å²) < 4.78 is 10.1. The fourth-order valence-corrected chi connectivity index (χ4v) is 11.4. The molecule has 6 atom stereocenters. The van der Waals surface area contributed by atoms with E-state index < -0.39 is 23.9 Å². The Morgan fingerprint density at radius 1 is 0.539 bits per heavy atom. The van der Waals surface area contributed by atoms with Crippen LogP contribution in [0.2, 0.25) is 0 Å². The van der Waals surface area contributed by atoms with Gasteiger partial charge in [-0.05, 0) is 103 Å². The molecule has 0 radical (unpaired) electrons. The third-order valence-electron chi connectivity index (χ3n) is 15.1. The van der Waals surface area contributed by atoms with Gasteiger partial charge < -0.3 is 24.6 Å². The van der Waals surface area contributed by atoms with Crippen LogP contribution in [-0.4, -0.2) is 110 Å². The number of nitriles is 1.